The molecule has 0 spiro atoms. The van der Waals surface area contributed by atoms with Crippen LogP contribution in [0.1, 0.15) is 50.3 Å². The zero-order chi connectivity index (χ0) is 34.9. The third-order valence-corrected chi connectivity index (χ3v) is 11.6. The van der Waals surface area contributed by atoms with Crippen LogP contribution in [0, 0.1) is 17.5 Å². The van der Waals surface area contributed by atoms with Crippen molar-refractivity contribution in [3.63, 3.8) is 0 Å². The van der Waals surface area contributed by atoms with E-state index in [0.29, 0.717) is 0 Å². The number of hydrogen-bond donors (Lipinski definition) is 0. The molecule has 261 valence electrons. The predicted octanol–water partition coefficient (Wildman–Crippen LogP) is 11.7. The van der Waals surface area contributed by atoms with E-state index in [-0.39, 0.29) is 25.5 Å². The topological polar surface area (TPSA) is 38.9 Å². The normalized spacial score (nSPS) is 12.9. The fraction of sp³-hybridized carbons (Fsp3) is 0.261. The van der Waals surface area contributed by atoms with Gasteiger partial charge in [0, 0.05) is 37.9 Å². The van der Waals surface area contributed by atoms with Crippen molar-refractivity contribution in [2.45, 2.75) is 72.5 Å². The first-order chi connectivity index (χ1) is 24.0. The summed E-state index contributed by atoms with van der Waals surface area (Å²) in [6.45, 7) is 14.1. The zero-order valence-corrected chi connectivity index (χ0v) is 34.0. The van der Waals surface area contributed by atoms with Crippen LogP contribution in [0.25, 0.3) is 55.6 Å². The van der Waals surface area contributed by atoms with Crippen LogP contribution in [-0.4, -0.2) is 18.0 Å². The summed E-state index contributed by atoms with van der Waals surface area (Å²) in [6, 6.07) is 40.3. The molecule has 0 unspecified atom stereocenters. The number of rotatable bonds is 5. The van der Waals surface area contributed by atoms with Gasteiger partial charge in [-0.2, -0.15) is 0 Å². The summed E-state index contributed by atoms with van der Waals surface area (Å²) in [6.07, 6.45) is 9.85. The van der Waals surface area contributed by atoms with Gasteiger partial charge in [-0.15, -0.1) is 54.1 Å². The number of furan rings is 1. The summed E-state index contributed by atoms with van der Waals surface area (Å²) in [5.74, 6) is 0. The summed E-state index contributed by atoms with van der Waals surface area (Å²) < 4.78 is 6.35. The molecule has 0 N–H and O–H groups in total. The molecule has 5 heteroatoms. The predicted molar refractivity (Wildman–Crippen MR) is 213 cm³/mol. The zero-order valence-electron chi connectivity index (χ0n) is 30.6. The van der Waals surface area contributed by atoms with Gasteiger partial charge in [-0.05, 0) is 83.4 Å². The summed E-state index contributed by atoms with van der Waals surface area (Å²) in [4.78, 5) is 9.47. The number of nitrogens with zero attached hydrogens (tertiary/aromatic N) is 2. The van der Waals surface area contributed by atoms with Gasteiger partial charge in [-0.1, -0.05) is 111 Å². The summed E-state index contributed by atoms with van der Waals surface area (Å²) in [5, 5.41) is 3.75. The smallest absolute Gasteiger partial charge is 0.120 e. The van der Waals surface area contributed by atoms with E-state index in [1.54, 1.807) is 0 Å². The van der Waals surface area contributed by atoms with Crippen LogP contribution in [0.15, 0.2) is 114 Å². The van der Waals surface area contributed by atoms with E-state index >= 15 is 0 Å². The van der Waals surface area contributed by atoms with E-state index in [1.807, 2.05) is 36.5 Å². The summed E-state index contributed by atoms with van der Waals surface area (Å²) >= 11 is 0. The molecule has 51 heavy (non-hydrogen) atoms. The minimum atomic E-state index is -1.37. The van der Waals surface area contributed by atoms with Crippen LogP contribution >= 0.6 is 0 Å². The van der Waals surface area contributed by atoms with Gasteiger partial charge in [0.15, 0.2) is 0 Å². The maximum atomic E-state index is 6.35. The first kappa shape index (κ1) is 36.6. The first-order valence-electron chi connectivity index (χ1n) is 17.9. The Labute approximate surface area is 317 Å². The first-order valence-corrected chi connectivity index (χ1v) is 21.4. The van der Waals surface area contributed by atoms with Gasteiger partial charge < -0.3 is 14.4 Å². The Morgan fingerprint density at radius 1 is 0.765 bits per heavy atom. The Hall–Kier alpha value is -4.15. The SMILES string of the molecule is CC(C)(C)Cc1cc(-c2[c-]cccc2)ncc1[Si](C)(C)C.[Ir].[c-]1ccc2c(oc3ccc(-c4ccccc4)cc32)c1-c1nccc2c1CCCC2. The average Bonchev–Trinajstić information content (AvgIpc) is 3.50. The van der Waals surface area contributed by atoms with Crippen LogP contribution in [0.4, 0.5) is 0 Å². The van der Waals surface area contributed by atoms with Crippen molar-refractivity contribution < 1.29 is 24.5 Å². The van der Waals surface area contributed by atoms with Crippen molar-refractivity contribution in [2.75, 3.05) is 0 Å². The molecule has 1 aliphatic rings. The molecule has 0 saturated heterocycles. The molecule has 3 aromatic heterocycles. The minimum absolute atomic E-state index is 0. The van der Waals surface area contributed by atoms with Gasteiger partial charge in [-0.3, -0.25) is 0 Å². The van der Waals surface area contributed by atoms with E-state index < -0.39 is 8.07 Å². The fourth-order valence-electron chi connectivity index (χ4n) is 7.20. The van der Waals surface area contributed by atoms with E-state index in [9.17, 15) is 0 Å². The number of benzene rings is 4. The van der Waals surface area contributed by atoms with Crippen molar-refractivity contribution in [2.24, 2.45) is 5.41 Å². The van der Waals surface area contributed by atoms with E-state index in [0.717, 1.165) is 63.7 Å². The van der Waals surface area contributed by atoms with Crippen molar-refractivity contribution in [1.82, 2.24) is 9.97 Å². The fourth-order valence-corrected chi connectivity index (χ4v) is 8.77. The van der Waals surface area contributed by atoms with Gasteiger partial charge in [0.05, 0.1) is 13.7 Å². The van der Waals surface area contributed by atoms with Gasteiger partial charge in [0.2, 0.25) is 0 Å². The second kappa shape index (κ2) is 15.2. The number of hydrogen-bond acceptors (Lipinski definition) is 3. The van der Waals surface area contributed by atoms with Gasteiger partial charge in [-0.25, -0.2) is 0 Å². The maximum absolute atomic E-state index is 6.35. The summed E-state index contributed by atoms with van der Waals surface area (Å²) in [5.41, 5.74) is 12.9. The van der Waals surface area contributed by atoms with Crippen LogP contribution in [0.3, 0.4) is 0 Å². The number of pyridine rings is 2. The number of aromatic nitrogens is 2. The second-order valence-corrected chi connectivity index (χ2v) is 20.8. The van der Waals surface area contributed by atoms with Crippen molar-refractivity contribution in [3.05, 3.63) is 138 Å². The summed E-state index contributed by atoms with van der Waals surface area (Å²) in [7, 11) is -1.37. The monoisotopic (exact) mass is 863 g/mol. The molecule has 0 bridgehead atoms. The van der Waals surface area contributed by atoms with Crippen molar-refractivity contribution in [3.8, 4) is 33.6 Å². The quantitative estimate of drug-likeness (QED) is 0.128. The van der Waals surface area contributed by atoms with Gasteiger partial charge in [0.25, 0.3) is 0 Å². The van der Waals surface area contributed by atoms with Gasteiger partial charge in [0.1, 0.15) is 5.58 Å². The average molecular weight is 863 g/mol. The maximum Gasteiger partial charge on any atom is 0.120 e. The molecule has 1 aliphatic carbocycles. The standard InChI is InChI=1S/C27H20NO.C19H26NSi.Ir/c1-2-7-18(8-3-1)20-13-14-25-24(17-20)22-11-6-12-23(27(22)29-25)26-21-10-5-4-9-19(21)15-16-28-26;1-19(2,3)13-16-12-17(15-10-8-7-9-11-15)20-14-18(16)21(4,5)6;/h1-3,6-8,11,13-17H,4-5,9-10H2;7-10,12,14H,13H2,1-6H3;/q2*-1;. The Morgan fingerprint density at radius 3 is 2.29 bits per heavy atom. The molecular weight excluding hydrogens is 817 g/mol. The minimum Gasteiger partial charge on any atom is -0.501 e. The van der Waals surface area contributed by atoms with E-state index in [4.69, 9.17) is 14.4 Å². The van der Waals surface area contributed by atoms with Crippen LogP contribution < -0.4 is 5.19 Å². The second-order valence-electron chi connectivity index (χ2n) is 15.8. The van der Waals surface area contributed by atoms with E-state index in [1.165, 1.54) is 45.8 Å². The molecule has 0 aliphatic heterocycles. The Balaban J connectivity index is 0.000000182. The van der Waals surface area contributed by atoms with Crippen LogP contribution in [0.2, 0.25) is 19.6 Å². The molecule has 0 saturated carbocycles. The number of aryl methyl sites for hydroxylation is 1. The van der Waals surface area contributed by atoms with Crippen molar-refractivity contribution >= 4 is 35.2 Å². The van der Waals surface area contributed by atoms with E-state index in [2.05, 4.69) is 125 Å². The number of fused-ring (bicyclic) bond motifs is 4. The van der Waals surface area contributed by atoms with Gasteiger partial charge >= 0.3 is 0 Å². The molecule has 1 radical (unpaired) electrons. The molecule has 0 fully saturated rings. The molecule has 3 heterocycles. The Morgan fingerprint density at radius 2 is 1.55 bits per heavy atom. The Kier molecular flexibility index (Phi) is 10.9. The molecular formula is C46H46IrN2OSi-2. The molecule has 3 nitrogen and oxygen atoms in total. The van der Waals surface area contributed by atoms with Crippen molar-refractivity contribution in [1.29, 1.82) is 0 Å². The molecule has 7 aromatic rings. The van der Waals surface area contributed by atoms with Crippen LogP contribution in [0.5, 0.6) is 0 Å². The molecule has 0 amide bonds. The molecule has 0 atom stereocenters. The third kappa shape index (κ3) is 8.17. The van der Waals surface area contributed by atoms with Crippen LogP contribution in [-0.2, 0) is 39.4 Å². The molecule has 8 rings (SSSR count). The Bertz CT molecular complexity index is 2260. The third-order valence-electron chi connectivity index (χ3n) is 9.55. The largest absolute Gasteiger partial charge is 0.501 e. The molecule has 4 aromatic carbocycles.